The van der Waals surface area contributed by atoms with Gasteiger partial charge in [-0.15, -0.1) is 40.8 Å². The van der Waals surface area contributed by atoms with Crippen LogP contribution in [0.1, 0.15) is 140 Å². The Morgan fingerprint density at radius 1 is 0.512 bits per heavy atom. The van der Waals surface area contributed by atoms with E-state index in [9.17, 15) is 43.8 Å². The summed E-state index contributed by atoms with van der Waals surface area (Å²) in [5.74, 6) is 0.175. The first kappa shape index (κ1) is 93.5. The van der Waals surface area contributed by atoms with Crippen molar-refractivity contribution >= 4 is 80.3 Å². The Kier molecular flexibility index (Phi) is 31.9. The molecule has 15 rings (SSSR count). The Bertz CT molecular complexity index is 6310. The van der Waals surface area contributed by atoms with Crippen molar-refractivity contribution in [3.8, 4) is 67.7 Å². The number of amides is 3. The monoisotopic (exact) mass is 1740 g/mol. The van der Waals surface area contributed by atoms with Crippen molar-refractivity contribution in [3.63, 3.8) is 0 Å². The first-order valence-corrected chi connectivity index (χ1v) is 43.0. The third-order valence-electron chi connectivity index (χ3n) is 22.5. The maximum Gasteiger partial charge on any atom is 0.407 e. The van der Waals surface area contributed by atoms with E-state index in [1.807, 2.05) is 251 Å². The zero-order valence-electron chi connectivity index (χ0n) is 74.8. The van der Waals surface area contributed by atoms with Gasteiger partial charge in [-0.1, -0.05) is 165 Å². The fourth-order valence-corrected chi connectivity index (χ4v) is 15.4. The highest BCUT2D eigenvalue weighted by atomic mass is 16.5. The van der Waals surface area contributed by atoms with Gasteiger partial charge in [0.1, 0.15) is 75.1 Å². The molecule has 4 heterocycles. The Morgan fingerprint density at radius 2 is 0.969 bits per heavy atom. The number of carboxylic acid groups (broad SMARTS) is 2. The molecule has 3 atom stereocenters. The number of nitrogens with one attached hydrogen (secondary N) is 3. The minimum atomic E-state index is -1.20. The van der Waals surface area contributed by atoms with Crippen LogP contribution in [0.25, 0.3) is 95.2 Å². The van der Waals surface area contributed by atoms with Crippen molar-refractivity contribution in [1.82, 2.24) is 65.9 Å². The number of aromatic carboxylic acids is 1. The summed E-state index contributed by atoms with van der Waals surface area (Å²) in [5, 5.41) is 67.8. The van der Waals surface area contributed by atoms with E-state index in [0.717, 1.165) is 149 Å². The van der Waals surface area contributed by atoms with Crippen LogP contribution in [0.3, 0.4) is 0 Å². The fourth-order valence-electron chi connectivity index (χ4n) is 15.4. The summed E-state index contributed by atoms with van der Waals surface area (Å²) in [6.45, 7) is 7.45. The largest absolute Gasteiger partial charge is 0.549 e. The Morgan fingerprint density at radius 3 is 1.44 bits per heavy atom. The topological polar surface area (TPSA) is 379 Å². The average Bonchev–Trinajstić information content (AvgIpc) is 1.60. The molecule has 6 aliphatic rings. The lowest BCUT2D eigenvalue weighted by Crippen LogP contribution is -2.46. The first-order chi connectivity index (χ1) is 62.1. The van der Waals surface area contributed by atoms with Crippen LogP contribution >= 0.6 is 0 Å². The second-order valence-electron chi connectivity index (χ2n) is 32.8. The summed E-state index contributed by atoms with van der Waals surface area (Å²) in [4.78, 5) is 88.2. The second kappa shape index (κ2) is 44.0. The van der Waals surface area contributed by atoms with Crippen molar-refractivity contribution in [3.05, 3.63) is 268 Å². The van der Waals surface area contributed by atoms with Crippen molar-refractivity contribution in [1.29, 1.82) is 0 Å². The second-order valence-corrected chi connectivity index (χ2v) is 32.8. The number of allylic oxidation sites excluding steroid dienone is 3. The van der Waals surface area contributed by atoms with Crippen LogP contribution < -0.4 is 61.6 Å². The number of rotatable bonds is 29. The van der Waals surface area contributed by atoms with E-state index in [2.05, 4.69) is 81.0 Å². The number of ether oxygens (including phenoxy) is 1. The fraction of sp³-hybridized carbons (Fsp3) is 0.297. The Hall–Kier alpha value is -14.7. The van der Waals surface area contributed by atoms with E-state index in [0.29, 0.717) is 85.3 Å². The lowest BCUT2D eigenvalue weighted by molar-refractivity contribution is -0.309. The SMILES string of the molecule is CC(=O)CCCCCC(N)C(=O)NCc1ccc(-c2nnc(C)nn2)cc1.CC(=O)CCCCCC(NC(=O)OCC1c2ccccc2-c2ccccc21)C(=O)NCc1ccc(-c2nnc(C)nn2)cc1.CN(C)c1ccc2c(-c3ccccc3C(=O)[O-])c3ccc(=[N+](C)C)cc-3oc2c1.CN(C)c1ccc2c(C3=CC=CCC3C(=O)[O-])c3ccc(=[N+](C)C)cc-3oc2c1. The van der Waals surface area contributed by atoms with E-state index in [1.165, 1.54) is 0 Å². The molecule has 3 amide bonds. The number of carbonyl (C=O) groups excluding carboxylic acids is 7. The average molecular weight is 1740 g/mol. The Labute approximate surface area is 749 Å². The van der Waals surface area contributed by atoms with E-state index in [-0.39, 0.29) is 48.0 Å². The number of anilines is 2. The number of fused-ring (bicyclic) bond motifs is 7. The maximum absolute atomic E-state index is 13.3. The zero-order chi connectivity index (χ0) is 92.0. The summed E-state index contributed by atoms with van der Waals surface area (Å²) < 4.78 is 22.3. The molecule has 0 spiro atoms. The number of Topliss-reactive ketones (excluding diaryl/α,β-unsaturated/α-hetero) is 2. The third kappa shape index (κ3) is 24.3. The molecule has 28 nitrogen and oxygen atoms in total. The number of nitrogens with zero attached hydrogens (tertiary/aromatic N) is 12. The van der Waals surface area contributed by atoms with Crippen LogP contribution in [-0.4, -0.2) is 157 Å². The molecule has 5 N–H and O–H groups in total. The van der Waals surface area contributed by atoms with Gasteiger partial charge in [-0.3, -0.25) is 9.59 Å². The number of aryl methyl sites for hydroxylation is 2. The number of hydrogen-bond donors (Lipinski definition) is 4. The molecule has 664 valence electrons. The van der Waals surface area contributed by atoms with Gasteiger partial charge in [-0.25, -0.2) is 13.9 Å². The molecule has 0 bridgehead atoms. The molecule has 28 heteroatoms. The highest BCUT2D eigenvalue weighted by Crippen LogP contribution is 2.46. The van der Waals surface area contributed by atoms with Crippen molar-refractivity contribution in [2.45, 2.75) is 129 Å². The first-order valence-electron chi connectivity index (χ1n) is 43.0. The van der Waals surface area contributed by atoms with Crippen LogP contribution in [0.4, 0.5) is 16.2 Å². The number of unbranched alkanes of at least 4 members (excludes halogenated alkanes) is 4. The number of hydrogen-bond acceptors (Lipinski definition) is 23. The van der Waals surface area contributed by atoms with Crippen molar-refractivity contribution in [2.75, 3.05) is 72.8 Å². The molecule has 4 aliphatic carbocycles. The van der Waals surface area contributed by atoms with Crippen LogP contribution in [0.2, 0.25) is 0 Å². The number of benzene rings is 9. The number of carbonyl (C=O) groups is 7. The lowest BCUT2D eigenvalue weighted by atomic mass is 9.82. The van der Waals surface area contributed by atoms with Crippen molar-refractivity contribution < 1.29 is 57.3 Å². The van der Waals surface area contributed by atoms with E-state index < -0.39 is 36.0 Å². The molecular weight excluding hydrogens is 1630 g/mol. The van der Waals surface area contributed by atoms with Gasteiger partial charge >= 0.3 is 6.09 Å². The smallest absolute Gasteiger partial charge is 0.407 e. The zero-order valence-corrected chi connectivity index (χ0v) is 74.8. The molecule has 2 aromatic heterocycles. The summed E-state index contributed by atoms with van der Waals surface area (Å²) in [5.41, 5.74) is 22.3. The number of nitrogens with two attached hydrogens (primary N) is 1. The highest BCUT2D eigenvalue weighted by molar-refractivity contribution is 6.08. The highest BCUT2D eigenvalue weighted by Gasteiger charge is 2.32. The van der Waals surface area contributed by atoms with Crippen molar-refractivity contribution in [2.24, 2.45) is 11.7 Å². The van der Waals surface area contributed by atoms with Gasteiger partial charge in [-0.2, -0.15) is 0 Å². The maximum atomic E-state index is 13.3. The summed E-state index contributed by atoms with van der Waals surface area (Å²) in [7, 11) is 15.8. The predicted molar refractivity (Wildman–Crippen MR) is 495 cm³/mol. The summed E-state index contributed by atoms with van der Waals surface area (Å²) in [6.07, 6.45) is 12.4. The standard InChI is InChI=1S/C34H36N6O4.C24H24N2O3.C24H22N2O3.C19H26N6O2/c1-22(41)10-4-3-5-15-31(33(42)35-20-24-16-18-25(19-17-24)32-39-37-23(2)38-40-32)36-34(43)44-21-30-28-13-8-6-11-26(28)27-12-7-9-14-29(27)30;2*1-25(2)15-9-11-19-21(13-15)29-22-14-16(26(3)4)10-12-20(22)23(19)17-7-5-6-8-18(17)24(27)28;1-13(26)6-4-3-5-7-17(20)19(27)21-12-15-8-10-16(11-9-15)18-24-22-14(2)23-25-18/h6-9,11-14,16-19,30-31H,3-5,10,15,20-21H2,1-2H3,(H,35,42)(H,36,43);5-7,9-14,18H,8H2,1-4H3;5-14H,1-4H3;8-11,17H,3-7,12,20H2,1-2H3,(H,21,27). The van der Waals surface area contributed by atoms with Crippen LogP contribution in [0.15, 0.2) is 221 Å². The lowest BCUT2D eigenvalue weighted by Gasteiger charge is -2.26. The summed E-state index contributed by atoms with van der Waals surface area (Å²) in [6, 6.07) is 60.8. The van der Waals surface area contributed by atoms with Crippen LogP contribution in [0, 0.1) is 19.8 Å². The van der Waals surface area contributed by atoms with Gasteiger partial charge in [0.25, 0.3) is 0 Å². The van der Waals surface area contributed by atoms with Gasteiger partial charge in [0.2, 0.25) is 34.2 Å². The number of aliphatic carboxylic acids is 1. The van der Waals surface area contributed by atoms with Gasteiger partial charge in [-0.05, 0) is 141 Å². The molecule has 0 saturated carbocycles. The van der Waals surface area contributed by atoms with Gasteiger partial charge in [0.05, 0.1) is 24.1 Å². The molecule has 129 heavy (non-hydrogen) atoms. The number of carboxylic acids is 2. The third-order valence-corrected chi connectivity index (χ3v) is 22.5. The molecular formula is C101H108N16O12. The molecule has 3 unspecified atom stereocenters. The van der Waals surface area contributed by atoms with Crippen LogP contribution in [-0.2, 0) is 41.8 Å². The van der Waals surface area contributed by atoms with E-state index in [1.54, 1.807) is 39.8 Å². The molecule has 0 fully saturated rings. The van der Waals surface area contributed by atoms with E-state index >= 15 is 0 Å². The number of alkyl carbamates (subject to hydrolysis) is 1. The van der Waals surface area contributed by atoms with E-state index in [4.69, 9.17) is 19.3 Å². The molecule has 7 aromatic carbocycles. The molecule has 0 radical (unpaired) electrons. The van der Waals surface area contributed by atoms with Gasteiger partial charge in [0, 0.05) is 157 Å². The number of ketones is 2. The minimum absolute atomic E-state index is 0.0770. The van der Waals surface area contributed by atoms with Crippen LogP contribution in [0.5, 0.6) is 0 Å². The molecule has 9 aromatic rings. The van der Waals surface area contributed by atoms with Gasteiger partial charge < -0.3 is 74.4 Å². The Balaban J connectivity index is 0.000000159. The minimum Gasteiger partial charge on any atom is -0.549 e. The number of aromatic nitrogens is 8. The van der Waals surface area contributed by atoms with Gasteiger partial charge in [0.15, 0.2) is 11.6 Å². The summed E-state index contributed by atoms with van der Waals surface area (Å²) >= 11 is 0. The molecule has 2 aliphatic heterocycles. The quantitative estimate of drug-likeness (QED) is 0.0192. The normalized spacial score (nSPS) is 12.9. The molecule has 0 saturated heterocycles. The predicted octanol–water partition coefficient (Wildman–Crippen LogP) is 12.0.